The Morgan fingerprint density at radius 3 is 2.30 bits per heavy atom. The first-order valence-electron chi connectivity index (χ1n) is 9.65. The van der Waals surface area contributed by atoms with Gasteiger partial charge in [0.05, 0.1) is 54.2 Å². The van der Waals surface area contributed by atoms with E-state index >= 15 is 0 Å². The van der Waals surface area contributed by atoms with Gasteiger partial charge in [0.2, 0.25) is 0 Å². The molecular formula is C24H21ClN2O5S. The molecule has 0 spiro atoms. The minimum Gasteiger partial charge on any atom is -0.493 e. The molecule has 0 aliphatic heterocycles. The predicted octanol–water partition coefficient (Wildman–Crippen LogP) is 5.44. The van der Waals surface area contributed by atoms with E-state index in [0.29, 0.717) is 33.7 Å². The van der Waals surface area contributed by atoms with Gasteiger partial charge in [-0.2, -0.15) is 0 Å². The van der Waals surface area contributed by atoms with Crippen LogP contribution >= 0.6 is 23.7 Å². The van der Waals surface area contributed by atoms with Crippen molar-refractivity contribution in [2.75, 3.05) is 26.6 Å². The van der Waals surface area contributed by atoms with Gasteiger partial charge in [0, 0.05) is 17.5 Å². The van der Waals surface area contributed by atoms with Crippen LogP contribution in [0.15, 0.2) is 60.0 Å². The van der Waals surface area contributed by atoms with E-state index in [1.54, 1.807) is 17.4 Å². The molecule has 1 N–H and O–H groups in total. The zero-order valence-corrected chi connectivity index (χ0v) is 19.7. The van der Waals surface area contributed by atoms with Gasteiger partial charge < -0.3 is 19.5 Å². The number of fused-ring (bicyclic) bond motifs is 1. The summed E-state index contributed by atoms with van der Waals surface area (Å²) in [6.07, 6.45) is 0. The molecule has 0 radical (unpaired) electrons. The fourth-order valence-corrected chi connectivity index (χ4v) is 4.05. The van der Waals surface area contributed by atoms with Crippen molar-refractivity contribution < 1.29 is 23.8 Å². The van der Waals surface area contributed by atoms with E-state index in [9.17, 15) is 9.59 Å². The fourth-order valence-electron chi connectivity index (χ4n) is 3.36. The lowest BCUT2D eigenvalue weighted by Crippen LogP contribution is -2.16. The molecule has 2 aromatic heterocycles. The van der Waals surface area contributed by atoms with Crippen LogP contribution in [-0.4, -0.2) is 38.2 Å². The predicted molar refractivity (Wildman–Crippen MR) is 131 cm³/mol. The van der Waals surface area contributed by atoms with E-state index in [4.69, 9.17) is 19.2 Å². The molecule has 0 aliphatic rings. The Kier molecular flexibility index (Phi) is 7.52. The number of ether oxygens (including phenoxy) is 3. The topological polar surface area (TPSA) is 86.8 Å². The molecule has 4 rings (SSSR count). The zero-order chi connectivity index (χ0) is 22.7. The molecule has 2 heterocycles. The van der Waals surface area contributed by atoms with Crippen LogP contribution < -0.4 is 14.8 Å². The first kappa shape index (κ1) is 24.0. The van der Waals surface area contributed by atoms with Gasteiger partial charge in [0.1, 0.15) is 0 Å². The molecule has 0 unspecified atom stereocenters. The molecular weight excluding hydrogens is 464 g/mol. The summed E-state index contributed by atoms with van der Waals surface area (Å²) in [5.41, 5.74) is 2.23. The Bertz CT molecular complexity index is 1310. The largest absolute Gasteiger partial charge is 0.493 e. The van der Waals surface area contributed by atoms with Crippen molar-refractivity contribution >= 4 is 52.2 Å². The van der Waals surface area contributed by atoms with Gasteiger partial charge in [-0.1, -0.05) is 24.3 Å². The third kappa shape index (κ3) is 4.76. The molecule has 170 valence electrons. The highest BCUT2D eigenvalue weighted by atomic mass is 35.5. The average Bonchev–Trinajstić information content (AvgIpc) is 3.37. The molecule has 0 saturated heterocycles. The van der Waals surface area contributed by atoms with Crippen molar-refractivity contribution in [3.63, 3.8) is 0 Å². The molecule has 0 fully saturated rings. The van der Waals surface area contributed by atoms with Crippen molar-refractivity contribution in [2.24, 2.45) is 0 Å². The Hall–Kier alpha value is -3.62. The van der Waals surface area contributed by atoms with Crippen LogP contribution in [0.1, 0.15) is 20.7 Å². The maximum absolute atomic E-state index is 13.4. The minimum atomic E-state index is -0.611. The molecule has 7 nitrogen and oxygen atoms in total. The molecule has 9 heteroatoms. The number of aromatic nitrogens is 1. The molecule has 0 aliphatic carbocycles. The lowest BCUT2D eigenvalue weighted by atomic mass is 10.1. The fraction of sp³-hybridized carbons (Fsp3) is 0.125. The van der Waals surface area contributed by atoms with Crippen LogP contribution in [0.2, 0.25) is 0 Å². The van der Waals surface area contributed by atoms with Gasteiger partial charge in [0.15, 0.2) is 11.5 Å². The number of carbonyl (C=O) groups is 2. The first-order chi connectivity index (χ1) is 15.5. The van der Waals surface area contributed by atoms with Crippen LogP contribution in [-0.2, 0) is 4.74 Å². The van der Waals surface area contributed by atoms with Crippen LogP contribution in [0.25, 0.3) is 21.5 Å². The van der Waals surface area contributed by atoms with Crippen molar-refractivity contribution in [1.82, 2.24) is 4.98 Å². The number of rotatable bonds is 6. The van der Waals surface area contributed by atoms with Gasteiger partial charge in [0.25, 0.3) is 5.91 Å². The van der Waals surface area contributed by atoms with E-state index in [2.05, 4.69) is 5.32 Å². The van der Waals surface area contributed by atoms with Crippen molar-refractivity contribution in [3.8, 4) is 22.1 Å². The number of pyridine rings is 1. The summed E-state index contributed by atoms with van der Waals surface area (Å²) in [5.74, 6) is -0.284. The Morgan fingerprint density at radius 1 is 0.909 bits per heavy atom. The van der Waals surface area contributed by atoms with E-state index in [0.717, 1.165) is 4.88 Å². The summed E-state index contributed by atoms with van der Waals surface area (Å²) in [7, 11) is 4.21. The molecule has 33 heavy (non-hydrogen) atoms. The maximum Gasteiger partial charge on any atom is 0.340 e. The Balaban J connectivity index is 0.00000306. The normalized spacial score (nSPS) is 10.3. The lowest BCUT2D eigenvalue weighted by Gasteiger charge is -2.15. The number of benzene rings is 2. The third-order valence-electron chi connectivity index (χ3n) is 4.91. The quantitative estimate of drug-likeness (QED) is 0.367. The zero-order valence-electron chi connectivity index (χ0n) is 18.1. The monoisotopic (exact) mass is 484 g/mol. The highest BCUT2D eigenvalue weighted by Gasteiger charge is 2.21. The third-order valence-corrected chi connectivity index (χ3v) is 5.80. The lowest BCUT2D eigenvalue weighted by molar-refractivity contribution is 0.0601. The second-order valence-corrected chi connectivity index (χ2v) is 7.70. The SMILES string of the molecule is COC(=O)c1cc(OC)c(OC)cc1NC(=O)c1cc(-c2cccs2)nc2ccccc12.Cl. The number of halogens is 1. The Morgan fingerprint density at radius 2 is 1.64 bits per heavy atom. The summed E-state index contributed by atoms with van der Waals surface area (Å²) in [6, 6.07) is 16.1. The van der Waals surface area contributed by atoms with E-state index in [-0.39, 0.29) is 23.7 Å². The van der Waals surface area contributed by atoms with Crippen LogP contribution in [0.5, 0.6) is 11.5 Å². The summed E-state index contributed by atoms with van der Waals surface area (Å²) in [5, 5.41) is 5.49. The highest BCUT2D eigenvalue weighted by Crippen LogP contribution is 2.35. The van der Waals surface area contributed by atoms with Crippen molar-refractivity contribution in [1.29, 1.82) is 0 Å². The molecule has 4 aromatic rings. The number of nitrogens with zero attached hydrogens (tertiary/aromatic N) is 1. The molecule has 1 amide bonds. The number of hydrogen-bond donors (Lipinski definition) is 1. The van der Waals surface area contributed by atoms with Gasteiger partial charge in [-0.05, 0) is 23.6 Å². The number of para-hydroxylation sites is 1. The number of hydrogen-bond acceptors (Lipinski definition) is 7. The number of anilines is 1. The Labute approximate surface area is 200 Å². The van der Waals surface area contributed by atoms with E-state index < -0.39 is 11.9 Å². The van der Waals surface area contributed by atoms with E-state index in [1.165, 1.54) is 33.5 Å². The van der Waals surface area contributed by atoms with E-state index in [1.807, 2.05) is 41.8 Å². The number of amides is 1. The van der Waals surface area contributed by atoms with Gasteiger partial charge >= 0.3 is 5.97 Å². The maximum atomic E-state index is 13.4. The molecule has 2 aromatic carbocycles. The smallest absolute Gasteiger partial charge is 0.340 e. The second-order valence-electron chi connectivity index (χ2n) is 6.75. The number of methoxy groups -OCH3 is 3. The van der Waals surface area contributed by atoms with Gasteiger partial charge in [-0.3, -0.25) is 4.79 Å². The molecule has 0 atom stereocenters. The minimum absolute atomic E-state index is 0. The summed E-state index contributed by atoms with van der Waals surface area (Å²) in [4.78, 5) is 31.4. The summed E-state index contributed by atoms with van der Waals surface area (Å²) in [6.45, 7) is 0. The highest BCUT2D eigenvalue weighted by molar-refractivity contribution is 7.13. The molecule has 0 saturated carbocycles. The van der Waals surface area contributed by atoms with Gasteiger partial charge in [-0.25, -0.2) is 9.78 Å². The summed E-state index contributed by atoms with van der Waals surface area (Å²) >= 11 is 1.54. The van der Waals surface area contributed by atoms with Crippen LogP contribution in [0, 0.1) is 0 Å². The number of nitrogens with one attached hydrogen (secondary N) is 1. The standard InChI is InChI=1S/C24H20N2O5S.ClH/c1-29-20-12-16(24(28)31-3)18(13-21(20)30-2)26-23(27)15-11-19(22-9-6-10-32-22)25-17-8-5-4-7-14(15)17;/h4-13H,1-3H3,(H,26,27);1H. The van der Waals surface area contributed by atoms with Crippen LogP contribution in [0.3, 0.4) is 0 Å². The van der Waals surface area contributed by atoms with Crippen LogP contribution in [0.4, 0.5) is 5.69 Å². The van der Waals surface area contributed by atoms with Crippen molar-refractivity contribution in [2.45, 2.75) is 0 Å². The first-order valence-corrected chi connectivity index (χ1v) is 10.5. The van der Waals surface area contributed by atoms with Crippen molar-refractivity contribution in [3.05, 3.63) is 71.1 Å². The average molecular weight is 485 g/mol. The number of esters is 1. The number of carbonyl (C=O) groups excluding carboxylic acids is 2. The molecule has 0 bridgehead atoms. The second kappa shape index (κ2) is 10.3. The van der Waals surface area contributed by atoms with Gasteiger partial charge in [-0.15, -0.1) is 23.7 Å². The summed E-state index contributed by atoms with van der Waals surface area (Å²) < 4.78 is 15.5. The number of thiophene rings is 1.